The van der Waals surface area contributed by atoms with Crippen LogP contribution in [0.4, 0.5) is 0 Å². The second-order valence-corrected chi connectivity index (χ2v) is 5.25. The van der Waals surface area contributed by atoms with Crippen molar-refractivity contribution in [3.05, 3.63) is 10.3 Å². The maximum Gasteiger partial charge on any atom is 0.151 e. The van der Waals surface area contributed by atoms with Crippen molar-refractivity contribution in [3.8, 4) is 0 Å². The number of hydrogen-bond acceptors (Lipinski definition) is 3. The summed E-state index contributed by atoms with van der Waals surface area (Å²) in [6.45, 7) is 4.32. The summed E-state index contributed by atoms with van der Waals surface area (Å²) in [5.41, 5.74) is 1.26. The first-order valence-corrected chi connectivity index (χ1v) is 6.79. The second kappa shape index (κ2) is 5.27. The van der Waals surface area contributed by atoms with Crippen LogP contribution in [0, 0.1) is 5.92 Å². The molecular formula is C11H19BrN4. The van der Waals surface area contributed by atoms with E-state index in [0.717, 1.165) is 23.6 Å². The Hall–Kier alpha value is -0.420. The van der Waals surface area contributed by atoms with E-state index in [1.807, 2.05) is 11.7 Å². The average Bonchev–Trinajstić information content (AvgIpc) is 2.83. The van der Waals surface area contributed by atoms with Gasteiger partial charge in [-0.15, -0.1) is 5.10 Å². The maximum absolute atomic E-state index is 4.08. The molecule has 1 fully saturated rings. The van der Waals surface area contributed by atoms with E-state index in [-0.39, 0.29) is 0 Å². The van der Waals surface area contributed by atoms with E-state index in [4.69, 9.17) is 0 Å². The summed E-state index contributed by atoms with van der Waals surface area (Å²) in [5, 5.41) is 11.6. The molecule has 1 heterocycles. The first-order chi connectivity index (χ1) is 7.74. The van der Waals surface area contributed by atoms with Crippen molar-refractivity contribution >= 4 is 15.9 Å². The third-order valence-corrected chi connectivity index (χ3v) is 4.06. The van der Waals surface area contributed by atoms with Gasteiger partial charge in [0.1, 0.15) is 0 Å². The molecule has 0 amide bonds. The first-order valence-electron chi connectivity index (χ1n) is 5.99. The lowest BCUT2D eigenvalue weighted by atomic mass is 9.93. The lowest BCUT2D eigenvalue weighted by Gasteiger charge is -2.19. The summed E-state index contributed by atoms with van der Waals surface area (Å²) >= 11 is 3.51. The van der Waals surface area contributed by atoms with Crippen LogP contribution in [0.25, 0.3) is 0 Å². The molecule has 1 saturated carbocycles. The SMILES string of the molecule is CCNCC1CCCC1c1c(Br)nnn1C. The van der Waals surface area contributed by atoms with Crippen LogP contribution in [-0.2, 0) is 7.05 Å². The van der Waals surface area contributed by atoms with E-state index in [2.05, 4.69) is 38.5 Å². The Morgan fingerprint density at radius 2 is 2.31 bits per heavy atom. The molecule has 2 unspecified atom stereocenters. The minimum absolute atomic E-state index is 0.605. The quantitative estimate of drug-likeness (QED) is 0.922. The molecule has 2 atom stereocenters. The van der Waals surface area contributed by atoms with Crippen LogP contribution in [0.1, 0.15) is 37.8 Å². The molecule has 0 aliphatic heterocycles. The fourth-order valence-corrected chi connectivity index (χ4v) is 3.32. The predicted octanol–water partition coefficient (Wildman–Crippen LogP) is 2.07. The Morgan fingerprint density at radius 3 is 2.94 bits per heavy atom. The van der Waals surface area contributed by atoms with Crippen molar-refractivity contribution in [1.82, 2.24) is 20.3 Å². The first kappa shape index (κ1) is 12.0. The van der Waals surface area contributed by atoms with Gasteiger partial charge in [0, 0.05) is 13.0 Å². The van der Waals surface area contributed by atoms with E-state index in [1.54, 1.807) is 0 Å². The molecule has 0 radical (unpaired) electrons. The van der Waals surface area contributed by atoms with Crippen molar-refractivity contribution in [2.24, 2.45) is 13.0 Å². The van der Waals surface area contributed by atoms with Crippen molar-refractivity contribution in [1.29, 1.82) is 0 Å². The zero-order valence-electron chi connectivity index (χ0n) is 9.91. The van der Waals surface area contributed by atoms with E-state index in [1.165, 1.54) is 25.0 Å². The fraction of sp³-hybridized carbons (Fsp3) is 0.818. The van der Waals surface area contributed by atoms with E-state index < -0.39 is 0 Å². The highest BCUT2D eigenvalue weighted by Gasteiger charge is 2.32. The molecule has 1 aromatic heterocycles. The summed E-state index contributed by atoms with van der Waals surface area (Å²) < 4.78 is 2.84. The topological polar surface area (TPSA) is 42.7 Å². The van der Waals surface area contributed by atoms with Crippen molar-refractivity contribution in [3.63, 3.8) is 0 Å². The van der Waals surface area contributed by atoms with E-state index >= 15 is 0 Å². The molecule has 0 aromatic carbocycles. The highest BCUT2D eigenvalue weighted by atomic mass is 79.9. The average molecular weight is 287 g/mol. The molecular weight excluding hydrogens is 268 g/mol. The van der Waals surface area contributed by atoms with Gasteiger partial charge in [0.05, 0.1) is 5.69 Å². The van der Waals surface area contributed by atoms with Gasteiger partial charge >= 0.3 is 0 Å². The van der Waals surface area contributed by atoms with Gasteiger partial charge < -0.3 is 5.32 Å². The summed E-state index contributed by atoms with van der Waals surface area (Å²) in [5.74, 6) is 1.34. The van der Waals surface area contributed by atoms with Gasteiger partial charge in [-0.05, 0) is 47.8 Å². The highest BCUT2D eigenvalue weighted by molar-refractivity contribution is 9.10. The minimum Gasteiger partial charge on any atom is -0.317 e. The Bertz CT molecular complexity index is 330. The molecule has 0 bridgehead atoms. The number of hydrogen-bond donors (Lipinski definition) is 1. The van der Waals surface area contributed by atoms with Crippen LogP contribution >= 0.6 is 15.9 Å². The summed E-state index contributed by atoms with van der Waals surface area (Å²) in [6, 6.07) is 0. The summed E-state index contributed by atoms with van der Waals surface area (Å²) in [4.78, 5) is 0. The van der Waals surface area contributed by atoms with Gasteiger partial charge in [0.2, 0.25) is 0 Å². The van der Waals surface area contributed by atoms with Crippen molar-refractivity contribution in [2.45, 2.75) is 32.1 Å². The van der Waals surface area contributed by atoms with Gasteiger partial charge in [0.15, 0.2) is 4.60 Å². The van der Waals surface area contributed by atoms with Crippen molar-refractivity contribution in [2.75, 3.05) is 13.1 Å². The third kappa shape index (κ3) is 2.30. The van der Waals surface area contributed by atoms with Gasteiger partial charge in [-0.1, -0.05) is 18.6 Å². The Morgan fingerprint density at radius 1 is 1.50 bits per heavy atom. The van der Waals surface area contributed by atoms with E-state index in [9.17, 15) is 0 Å². The van der Waals surface area contributed by atoms with Crippen LogP contribution in [0.3, 0.4) is 0 Å². The number of nitrogens with zero attached hydrogens (tertiary/aromatic N) is 3. The van der Waals surface area contributed by atoms with Crippen LogP contribution in [0.15, 0.2) is 4.60 Å². The van der Waals surface area contributed by atoms with Crippen molar-refractivity contribution < 1.29 is 0 Å². The fourth-order valence-electron chi connectivity index (χ4n) is 2.70. The molecule has 0 spiro atoms. The molecule has 2 rings (SSSR count). The maximum atomic E-state index is 4.08. The van der Waals surface area contributed by atoms with Gasteiger partial charge in [-0.25, -0.2) is 0 Å². The molecule has 1 aromatic rings. The summed E-state index contributed by atoms with van der Waals surface area (Å²) in [6.07, 6.45) is 3.89. The molecule has 5 heteroatoms. The van der Waals surface area contributed by atoms with Gasteiger partial charge in [-0.3, -0.25) is 4.68 Å². The third-order valence-electron chi connectivity index (χ3n) is 3.49. The standard InChI is InChI=1S/C11H19BrN4/c1-3-13-7-8-5-4-6-9(8)10-11(12)14-15-16(10)2/h8-9,13H,3-7H2,1-2H3. The van der Waals surface area contributed by atoms with Crippen LogP contribution in [0.2, 0.25) is 0 Å². The molecule has 90 valence electrons. The molecule has 16 heavy (non-hydrogen) atoms. The normalized spacial score (nSPS) is 25.2. The lowest BCUT2D eigenvalue weighted by Crippen LogP contribution is -2.25. The monoisotopic (exact) mass is 286 g/mol. The van der Waals surface area contributed by atoms with Gasteiger partial charge in [-0.2, -0.15) is 0 Å². The molecule has 1 aliphatic rings. The lowest BCUT2D eigenvalue weighted by molar-refractivity contribution is 0.431. The van der Waals surface area contributed by atoms with Crippen LogP contribution in [-0.4, -0.2) is 28.1 Å². The van der Waals surface area contributed by atoms with Gasteiger partial charge in [0.25, 0.3) is 0 Å². The van der Waals surface area contributed by atoms with Crippen LogP contribution < -0.4 is 5.32 Å². The number of rotatable bonds is 4. The number of nitrogens with one attached hydrogen (secondary N) is 1. The Balaban J connectivity index is 2.13. The molecule has 0 saturated heterocycles. The second-order valence-electron chi connectivity index (χ2n) is 4.49. The smallest absolute Gasteiger partial charge is 0.151 e. The zero-order valence-corrected chi connectivity index (χ0v) is 11.5. The van der Waals surface area contributed by atoms with E-state index in [0.29, 0.717) is 5.92 Å². The molecule has 1 N–H and O–H groups in total. The number of aryl methyl sites for hydroxylation is 1. The predicted molar refractivity (Wildman–Crippen MR) is 67.3 cm³/mol. The Kier molecular flexibility index (Phi) is 3.97. The summed E-state index contributed by atoms with van der Waals surface area (Å²) in [7, 11) is 1.98. The molecule has 4 nitrogen and oxygen atoms in total. The number of aromatic nitrogens is 3. The minimum atomic E-state index is 0.605. The zero-order chi connectivity index (χ0) is 11.5. The Labute approximate surface area is 105 Å². The largest absolute Gasteiger partial charge is 0.317 e. The van der Waals surface area contributed by atoms with Crippen LogP contribution in [0.5, 0.6) is 0 Å². The highest BCUT2D eigenvalue weighted by Crippen LogP contribution is 2.40. The number of halogens is 1. The molecule has 1 aliphatic carbocycles.